The van der Waals surface area contributed by atoms with Crippen LogP contribution in [0.3, 0.4) is 0 Å². The highest BCUT2D eigenvalue weighted by atomic mass is 16.5. The number of methoxy groups -OCH3 is 1. The number of carbonyl (C=O) groups is 3. The normalized spacial score (nSPS) is 14.9. The number of hydrogen-bond acceptors (Lipinski definition) is 7. The molecule has 4 N–H and O–H groups in total. The monoisotopic (exact) mass is 470 g/mol. The molecular formula is C24H30N4O6. The molecule has 2 amide bonds. The predicted molar refractivity (Wildman–Crippen MR) is 123 cm³/mol. The lowest BCUT2D eigenvalue weighted by molar-refractivity contribution is -0.147. The first-order chi connectivity index (χ1) is 16.4. The number of ether oxygens (including phenoxy) is 2. The number of aliphatic carboxylic acids is 1. The van der Waals surface area contributed by atoms with Crippen molar-refractivity contribution < 1.29 is 29.0 Å². The largest absolute Gasteiger partial charge is 0.497 e. The van der Waals surface area contributed by atoms with Crippen LogP contribution in [0.4, 0.5) is 0 Å². The molecule has 1 aliphatic heterocycles. The van der Waals surface area contributed by atoms with Crippen LogP contribution in [0.15, 0.2) is 42.6 Å². The fourth-order valence-corrected chi connectivity index (χ4v) is 3.76. The number of likely N-dealkylation sites (tertiary alicyclic amines) is 1. The summed E-state index contributed by atoms with van der Waals surface area (Å²) in [5.74, 6) is -0.980. The molecule has 0 spiro atoms. The fraction of sp³-hybridized carbons (Fsp3) is 0.417. The van der Waals surface area contributed by atoms with Gasteiger partial charge in [-0.1, -0.05) is 18.2 Å². The van der Waals surface area contributed by atoms with E-state index in [2.05, 4.69) is 10.3 Å². The molecule has 10 nitrogen and oxygen atoms in total. The zero-order valence-corrected chi connectivity index (χ0v) is 19.1. The number of nitrogens with two attached hydrogens (primary N) is 1. The molecular weight excluding hydrogens is 440 g/mol. The zero-order chi connectivity index (χ0) is 24.5. The highest BCUT2D eigenvalue weighted by Crippen LogP contribution is 2.18. The highest BCUT2D eigenvalue weighted by Gasteiger charge is 2.30. The Labute approximate surface area is 198 Å². The number of pyridine rings is 1. The number of benzene rings is 1. The van der Waals surface area contributed by atoms with E-state index < -0.39 is 17.9 Å². The summed E-state index contributed by atoms with van der Waals surface area (Å²) in [7, 11) is 1.58. The Morgan fingerprint density at radius 2 is 1.82 bits per heavy atom. The average molecular weight is 471 g/mol. The van der Waals surface area contributed by atoms with Crippen molar-refractivity contribution in [3.63, 3.8) is 0 Å². The van der Waals surface area contributed by atoms with Crippen LogP contribution < -0.4 is 15.8 Å². The quantitative estimate of drug-likeness (QED) is 0.466. The summed E-state index contributed by atoms with van der Waals surface area (Å²) in [4.78, 5) is 42.8. The summed E-state index contributed by atoms with van der Waals surface area (Å²) in [6.07, 6.45) is 2.69. The Balaban J connectivity index is 1.70. The number of nitrogens with one attached hydrogen (secondary N) is 1. The van der Waals surface area contributed by atoms with Crippen molar-refractivity contribution in [3.05, 3.63) is 59.4 Å². The Kier molecular flexibility index (Phi) is 8.94. The molecule has 1 aromatic heterocycles. The lowest BCUT2D eigenvalue weighted by Crippen LogP contribution is -2.52. The minimum atomic E-state index is -1.02. The molecule has 10 heteroatoms. The van der Waals surface area contributed by atoms with Crippen LogP contribution >= 0.6 is 0 Å². The van der Waals surface area contributed by atoms with Crippen molar-refractivity contribution in [1.82, 2.24) is 15.2 Å². The molecule has 1 saturated heterocycles. The first-order valence-corrected chi connectivity index (χ1v) is 11.1. The Morgan fingerprint density at radius 1 is 1.15 bits per heavy atom. The lowest BCUT2D eigenvalue weighted by atomic mass is 10.0. The minimum Gasteiger partial charge on any atom is -0.497 e. The van der Waals surface area contributed by atoms with Gasteiger partial charge in [0, 0.05) is 32.3 Å². The number of rotatable bonds is 10. The van der Waals surface area contributed by atoms with Gasteiger partial charge in [0.2, 0.25) is 5.91 Å². The number of hydrogen-bond donors (Lipinski definition) is 3. The standard InChI is InChI=1S/C24H30N4O6/c1-33-18-5-2-16(3-6-18)12-21(27-23(31)20-7-4-17(13-25)14-26-20)24(32)28-10-8-19(9-11-28)34-15-22(29)30/h2-7,14,19,21H,8-13,15,25H2,1H3,(H,27,31)(H,29,30)/t21-/m0/s1. The van der Waals surface area contributed by atoms with Crippen LogP contribution in [0.25, 0.3) is 0 Å². The van der Waals surface area contributed by atoms with Gasteiger partial charge in [0.1, 0.15) is 24.1 Å². The first-order valence-electron chi connectivity index (χ1n) is 11.1. The Morgan fingerprint density at radius 3 is 2.38 bits per heavy atom. The van der Waals surface area contributed by atoms with Crippen molar-refractivity contribution in [2.24, 2.45) is 5.73 Å². The second-order valence-electron chi connectivity index (χ2n) is 8.06. The molecule has 0 saturated carbocycles. The SMILES string of the molecule is COc1ccc(C[C@H](NC(=O)c2ccc(CN)cn2)C(=O)N2CCC(OCC(=O)O)CC2)cc1. The lowest BCUT2D eigenvalue weighted by Gasteiger charge is -2.34. The minimum absolute atomic E-state index is 0.200. The molecule has 0 aliphatic carbocycles. The van der Waals surface area contributed by atoms with E-state index in [9.17, 15) is 14.4 Å². The van der Waals surface area contributed by atoms with E-state index in [0.29, 0.717) is 44.6 Å². The van der Waals surface area contributed by atoms with E-state index in [1.165, 1.54) is 6.20 Å². The number of piperidine rings is 1. The van der Waals surface area contributed by atoms with Gasteiger partial charge in [0.15, 0.2) is 0 Å². The third-order valence-corrected chi connectivity index (χ3v) is 5.69. The summed E-state index contributed by atoms with van der Waals surface area (Å²) in [6.45, 7) is 0.799. The second-order valence-corrected chi connectivity index (χ2v) is 8.06. The number of carbonyl (C=O) groups excluding carboxylic acids is 2. The average Bonchev–Trinajstić information content (AvgIpc) is 2.87. The van der Waals surface area contributed by atoms with Crippen molar-refractivity contribution in [3.8, 4) is 5.75 Å². The van der Waals surface area contributed by atoms with Crippen LogP contribution in [-0.4, -0.2) is 71.7 Å². The van der Waals surface area contributed by atoms with Crippen molar-refractivity contribution in [1.29, 1.82) is 0 Å². The summed E-state index contributed by atoms with van der Waals surface area (Å²) in [5.41, 5.74) is 7.46. The molecule has 34 heavy (non-hydrogen) atoms. The van der Waals surface area contributed by atoms with Crippen LogP contribution in [0.1, 0.15) is 34.5 Å². The molecule has 1 aromatic carbocycles. The van der Waals surface area contributed by atoms with Crippen LogP contribution in [0.5, 0.6) is 5.75 Å². The van der Waals surface area contributed by atoms with Crippen molar-refractivity contribution in [2.45, 2.75) is 38.0 Å². The van der Waals surface area contributed by atoms with E-state index in [1.807, 2.05) is 12.1 Å². The number of carboxylic acid groups (broad SMARTS) is 1. The maximum Gasteiger partial charge on any atom is 0.329 e. The van der Waals surface area contributed by atoms with Gasteiger partial charge in [-0.05, 0) is 42.2 Å². The molecule has 0 unspecified atom stereocenters. The molecule has 2 heterocycles. The van der Waals surface area contributed by atoms with E-state index in [4.69, 9.17) is 20.3 Å². The third-order valence-electron chi connectivity index (χ3n) is 5.69. The summed E-state index contributed by atoms with van der Waals surface area (Å²) in [5, 5.41) is 11.6. The predicted octanol–water partition coefficient (Wildman–Crippen LogP) is 0.982. The van der Waals surface area contributed by atoms with Gasteiger partial charge in [-0.2, -0.15) is 0 Å². The molecule has 1 atom stereocenters. The van der Waals surface area contributed by atoms with E-state index >= 15 is 0 Å². The molecule has 1 aliphatic rings. The molecule has 0 radical (unpaired) electrons. The fourth-order valence-electron chi connectivity index (χ4n) is 3.76. The summed E-state index contributed by atoms with van der Waals surface area (Å²) < 4.78 is 10.5. The second kappa shape index (κ2) is 12.1. The van der Waals surface area contributed by atoms with Gasteiger partial charge in [0.05, 0.1) is 13.2 Å². The smallest absolute Gasteiger partial charge is 0.329 e. The van der Waals surface area contributed by atoms with Crippen LogP contribution in [0.2, 0.25) is 0 Å². The molecule has 2 aromatic rings. The molecule has 182 valence electrons. The van der Waals surface area contributed by atoms with Gasteiger partial charge in [-0.15, -0.1) is 0 Å². The van der Waals surface area contributed by atoms with Crippen molar-refractivity contribution >= 4 is 17.8 Å². The first kappa shape index (κ1) is 25.1. The molecule has 1 fully saturated rings. The van der Waals surface area contributed by atoms with Gasteiger partial charge in [-0.25, -0.2) is 4.79 Å². The maximum absolute atomic E-state index is 13.4. The molecule has 3 rings (SSSR count). The van der Waals surface area contributed by atoms with Crippen LogP contribution in [0, 0.1) is 0 Å². The highest BCUT2D eigenvalue weighted by molar-refractivity contribution is 5.96. The van der Waals surface area contributed by atoms with Gasteiger partial charge >= 0.3 is 5.97 Å². The Bertz CT molecular complexity index is 972. The number of amides is 2. The molecule has 0 bridgehead atoms. The van der Waals surface area contributed by atoms with E-state index in [-0.39, 0.29) is 24.3 Å². The summed E-state index contributed by atoms with van der Waals surface area (Å²) >= 11 is 0. The van der Waals surface area contributed by atoms with E-state index in [0.717, 1.165) is 11.1 Å². The third kappa shape index (κ3) is 7.00. The van der Waals surface area contributed by atoms with Gasteiger partial charge in [-0.3, -0.25) is 14.6 Å². The van der Waals surface area contributed by atoms with Crippen molar-refractivity contribution in [2.75, 3.05) is 26.8 Å². The van der Waals surface area contributed by atoms with Gasteiger partial charge < -0.3 is 30.5 Å². The van der Waals surface area contributed by atoms with Crippen LogP contribution in [-0.2, 0) is 27.3 Å². The number of aromatic nitrogens is 1. The Hall–Kier alpha value is -3.50. The van der Waals surface area contributed by atoms with E-state index in [1.54, 1.807) is 36.3 Å². The maximum atomic E-state index is 13.4. The number of nitrogens with zero attached hydrogens (tertiary/aromatic N) is 2. The number of carboxylic acids is 1. The van der Waals surface area contributed by atoms with Gasteiger partial charge in [0.25, 0.3) is 5.91 Å². The zero-order valence-electron chi connectivity index (χ0n) is 19.1. The topological polar surface area (TPSA) is 144 Å². The summed E-state index contributed by atoms with van der Waals surface area (Å²) in [6, 6.07) is 9.82.